The summed E-state index contributed by atoms with van der Waals surface area (Å²) in [5.41, 5.74) is 10.7. The highest BCUT2D eigenvalue weighted by molar-refractivity contribution is 5.87. The fourth-order valence-electron chi connectivity index (χ4n) is 2.10. The predicted octanol–water partition coefficient (Wildman–Crippen LogP) is 3.07. The van der Waals surface area contributed by atoms with Gasteiger partial charge in [-0.2, -0.15) is 0 Å². The largest absolute Gasteiger partial charge is 0.478 e. The van der Waals surface area contributed by atoms with Crippen LogP contribution in [0.4, 0.5) is 0 Å². The molecule has 0 aliphatic heterocycles. The summed E-state index contributed by atoms with van der Waals surface area (Å²) in [6, 6.07) is 4.86. The Morgan fingerprint density at radius 2 is 2.38 bits per heavy atom. The van der Waals surface area contributed by atoms with Crippen LogP contribution >= 0.6 is 0 Å². The Hall–Kier alpha value is -2.00. The van der Waals surface area contributed by atoms with Crippen molar-refractivity contribution in [3.05, 3.63) is 45.3 Å². The van der Waals surface area contributed by atoms with Gasteiger partial charge in [-0.25, -0.2) is 4.79 Å². The number of rotatable bonds is 2. The summed E-state index contributed by atoms with van der Waals surface area (Å²) < 4.78 is 0. The number of hydrogen-bond donors (Lipinski definition) is 1. The molecule has 0 bridgehead atoms. The van der Waals surface area contributed by atoms with Crippen molar-refractivity contribution in [1.82, 2.24) is 0 Å². The van der Waals surface area contributed by atoms with Gasteiger partial charge in [0.15, 0.2) is 0 Å². The Labute approximate surface area is 92.3 Å². The summed E-state index contributed by atoms with van der Waals surface area (Å²) >= 11 is 0. The molecule has 0 heterocycles. The van der Waals surface area contributed by atoms with Gasteiger partial charge in [0.05, 0.1) is 11.6 Å². The van der Waals surface area contributed by atoms with E-state index in [0.29, 0.717) is 5.56 Å². The van der Waals surface area contributed by atoms with Crippen molar-refractivity contribution in [3.63, 3.8) is 0 Å². The summed E-state index contributed by atoms with van der Waals surface area (Å²) in [6.45, 7) is 0. The minimum Gasteiger partial charge on any atom is -0.478 e. The first-order valence-corrected chi connectivity index (χ1v) is 5.12. The average molecular weight is 217 g/mol. The maximum Gasteiger partial charge on any atom is 0.335 e. The van der Waals surface area contributed by atoms with Gasteiger partial charge in [-0.1, -0.05) is 11.2 Å². The lowest BCUT2D eigenvalue weighted by atomic mass is 9.87. The SMILES string of the molecule is [N-]=[N+]=NC1CCCc2cc(C(=O)O)ccc21. The van der Waals surface area contributed by atoms with Gasteiger partial charge in [0.1, 0.15) is 0 Å². The maximum atomic E-state index is 10.8. The molecule has 1 aliphatic carbocycles. The normalized spacial score (nSPS) is 18.4. The van der Waals surface area contributed by atoms with E-state index in [9.17, 15) is 4.79 Å². The molecule has 0 amide bonds. The van der Waals surface area contributed by atoms with Gasteiger partial charge in [-0.05, 0) is 48.1 Å². The number of benzene rings is 1. The second-order valence-electron chi connectivity index (χ2n) is 3.83. The van der Waals surface area contributed by atoms with Crippen LogP contribution in [0.15, 0.2) is 23.3 Å². The molecule has 0 spiro atoms. The van der Waals surface area contributed by atoms with Gasteiger partial charge < -0.3 is 5.11 Å². The predicted molar refractivity (Wildman–Crippen MR) is 58.2 cm³/mol. The van der Waals surface area contributed by atoms with E-state index in [4.69, 9.17) is 10.6 Å². The fourth-order valence-corrected chi connectivity index (χ4v) is 2.10. The smallest absolute Gasteiger partial charge is 0.335 e. The summed E-state index contributed by atoms with van der Waals surface area (Å²) in [5, 5.41) is 12.6. The summed E-state index contributed by atoms with van der Waals surface area (Å²) in [4.78, 5) is 13.6. The zero-order valence-corrected chi connectivity index (χ0v) is 8.63. The molecule has 0 radical (unpaired) electrons. The average Bonchev–Trinajstić information content (AvgIpc) is 2.29. The Morgan fingerprint density at radius 3 is 3.06 bits per heavy atom. The lowest BCUT2D eigenvalue weighted by molar-refractivity contribution is 0.0696. The van der Waals surface area contributed by atoms with Crippen LogP contribution in [-0.4, -0.2) is 11.1 Å². The van der Waals surface area contributed by atoms with Crippen LogP contribution in [0.25, 0.3) is 10.4 Å². The molecular weight excluding hydrogens is 206 g/mol. The fraction of sp³-hybridized carbons (Fsp3) is 0.364. The van der Waals surface area contributed by atoms with E-state index in [0.717, 1.165) is 30.4 Å². The highest BCUT2D eigenvalue weighted by atomic mass is 16.4. The van der Waals surface area contributed by atoms with Crippen LogP contribution in [0, 0.1) is 0 Å². The molecule has 5 heteroatoms. The molecule has 2 rings (SSSR count). The molecule has 1 atom stereocenters. The maximum absolute atomic E-state index is 10.8. The van der Waals surface area contributed by atoms with Crippen molar-refractivity contribution in [2.75, 3.05) is 0 Å². The number of nitrogens with zero attached hydrogens (tertiary/aromatic N) is 3. The van der Waals surface area contributed by atoms with E-state index < -0.39 is 5.97 Å². The van der Waals surface area contributed by atoms with Crippen LogP contribution in [0.3, 0.4) is 0 Å². The molecule has 0 fully saturated rings. The summed E-state index contributed by atoms with van der Waals surface area (Å²) in [7, 11) is 0. The lowest BCUT2D eigenvalue weighted by Crippen LogP contribution is -2.09. The molecule has 82 valence electrons. The van der Waals surface area contributed by atoms with Gasteiger partial charge in [0, 0.05) is 4.91 Å². The quantitative estimate of drug-likeness (QED) is 0.468. The molecule has 1 aromatic rings. The topological polar surface area (TPSA) is 86.1 Å². The van der Waals surface area contributed by atoms with E-state index in [2.05, 4.69) is 10.0 Å². The van der Waals surface area contributed by atoms with E-state index >= 15 is 0 Å². The number of carboxylic acid groups (broad SMARTS) is 1. The van der Waals surface area contributed by atoms with Gasteiger partial charge in [-0.3, -0.25) is 0 Å². The molecule has 0 saturated heterocycles. The highest BCUT2D eigenvalue weighted by Gasteiger charge is 2.19. The number of aryl methyl sites for hydroxylation is 1. The van der Waals surface area contributed by atoms with Crippen LogP contribution in [0.2, 0.25) is 0 Å². The molecule has 1 aliphatic rings. The Morgan fingerprint density at radius 1 is 1.56 bits per heavy atom. The Bertz CT molecular complexity index is 478. The number of azide groups is 1. The first-order valence-electron chi connectivity index (χ1n) is 5.12. The third-order valence-electron chi connectivity index (χ3n) is 2.86. The van der Waals surface area contributed by atoms with Gasteiger partial charge in [-0.15, -0.1) is 0 Å². The molecule has 5 nitrogen and oxygen atoms in total. The monoisotopic (exact) mass is 217 g/mol. The van der Waals surface area contributed by atoms with E-state index in [1.165, 1.54) is 0 Å². The Kier molecular flexibility index (Phi) is 2.79. The lowest BCUT2D eigenvalue weighted by Gasteiger charge is -2.21. The summed E-state index contributed by atoms with van der Waals surface area (Å²) in [5.74, 6) is -0.922. The number of carboxylic acids is 1. The molecule has 16 heavy (non-hydrogen) atoms. The van der Waals surface area contributed by atoms with Gasteiger partial charge in [0.25, 0.3) is 0 Å². The number of fused-ring (bicyclic) bond motifs is 1. The minimum absolute atomic E-state index is 0.142. The minimum atomic E-state index is -0.922. The van der Waals surface area contributed by atoms with E-state index in [1.807, 2.05) is 0 Å². The van der Waals surface area contributed by atoms with Crippen LogP contribution in [0.1, 0.15) is 40.4 Å². The number of carbonyl (C=O) groups is 1. The van der Waals surface area contributed by atoms with Crippen molar-refractivity contribution in [3.8, 4) is 0 Å². The van der Waals surface area contributed by atoms with Crippen molar-refractivity contribution in [1.29, 1.82) is 0 Å². The van der Waals surface area contributed by atoms with Crippen LogP contribution < -0.4 is 0 Å². The Balaban J connectivity index is 2.44. The number of hydrogen-bond acceptors (Lipinski definition) is 2. The van der Waals surface area contributed by atoms with Crippen LogP contribution in [0.5, 0.6) is 0 Å². The van der Waals surface area contributed by atoms with E-state index in [-0.39, 0.29) is 6.04 Å². The third kappa shape index (κ3) is 1.85. The van der Waals surface area contributed by atoms with Gasteiger partial charge in [0.2, 0.25) is 0 Å². The second-order valence-corrected chi connectivity index (χ2v) is 3.83. The first kappa shape index (κ1) is 10.5. The second kappa shape index (κ2) is 4.24. The van der Waals surface area contributed by atoms with Crippen LogP contribution in [-0.2, 0) is 6.42 Å². The zero-order chi connectivity index (χ0) is 11.5. The molecule has 1 N–H and O–H groups in total. The molecule has 1 aromatic carbocycles. The molecule has 1 unspecified atom stereocenters. The van der Waals surface area contributed by atoms with Crippen molar-refractivity contribution in [2.24, 2.45) is 5.11 Å². The molecule has 0 saturated carbocycles. The molecule has 0 aromatic heterocycles. The van der Waals surface area contributed by atoms with Crippen molar-refractivity contribution >= 4 is 5.97 Å². The highest BCUT2D eigenvalue weighted by Crippen LogP contribution is 2.33. The third-order valence-corrected chi connectivity index (χ3v) is 2.86. The molecular formula is C11H11N3O2. The van der Waals surface area contributed by atoms with E-state index in [1.54, 1.807) is 18.2 Å². The standard InChI is InChI=1S/C11H11N3O2/c12-14-13-10-3-1-2-7-6-8(11(15)16)4-5-9(7)10/h4-6,10H,1-3H2,(H,15,16). The van der Waals surface area contributed by atoms with Crippen molar-refractivity contribution < 1.29 is 9.90 Å². The van der Waals surface area contributed by atoms with Crippen molar-refractivity contribution in [2.45, 2.75) is 25.3 Å². The summed E-state index contributed by atoms with van der Waals surface area (Å²) in [6.07, 6.45) is 2.62. The number of aromatic carboxylic acids is 1. The van der Waals surface area contributed by atoms with Gasteiger partial charge >= 0.3 is 5.97 Å². The zero-order valence-electron chi connectivity index (χ0n) is 8.63. The first-order chi connectivity index (χ1) is 7.72.